The molecule has 1 saturated heterocycles. The Hall–Kier alpha value is -1.22. The van der Waals surface area contributed by atoms with E-state index in [0.717, 1.165) is 26.2 Å². The first-order valence-electron chi connectivity index (χ1n) is 7.51. The van der Waals surface area contributed by atoms with Crippen LogP contribution in [0.2, 0.25) is 0 Å². The van der Waals surface area contributed by atoms with Gasteiger partial charge in [0, 0.05) is 24.0 Å². The Balaban J connectivity index is 1.85. The number of ether oxygens (including phenoxy) is 1. The number of fused-ring (bicyclic) bond motifs is 1. The Morgan fingerprint density at radius 1 is 1.42 bits per heavy atom. The Morgan fingerprint density at radius 3 is 3.16 bits per heavy atom. The number of nitrogens with zero attached hydrogens (tertiary/aromatic N) is 1. The molecule has 0 aliphatic carbocycles. The largest absolute Gasteiger partial charge is 0.382 e. The minimum atomic E-state index is 0.530. The van der Waals surface area contributed by atoms with Crippen molar-refractivity contribution < 1.29 is 4.74 Å². The van der Waals surface area contributed by atoms with Crippen LogP contribution in [0.4, 0.5) is 11.4 Å². The number of benzene rings is 1. The predicted octanol–water partition coefficient (Wildman–Crippen LogP) is 3.05. The maximum atomic E-state index is 5.60. The van der Waals surface area contributed by atoms with E-state index in [0.29, 0.717) is 12.1 Å². The third kappa shape index (κ3) is 2.57. The summed E-state index contributed by atoms with van der Waals surface area (Å²) in [6.45, 7) is 7.23. The van der Waals surface area contributed by atoms with Crippen LogP contribution >= 0.6 is 0 Å². The van der Waals surface area contributed by atoms with Gasteiger partial charge >= 0.3 is 0 Å². The Morgan fingerprint density at radius 2 is 2.32 bits per heavy atom. The van der Waals surface area contributed by atoms with Gasteiger partial charge in [0.2, 0.25) is 0 Å². The summed E-state index contributed by atoms with van der Waals surface area (Å²) in [5.74, 6) is 0. The van der Waals surface area contributed by atoms with Crippen molar-refractivity contribution in [2.75, 3.05) is 30.0 Å². The van der Waals surface area contributed by atoms with E-state index in [-0.39, 0.29) is 0 Å². The number of aryl methyl sites for hydroxylation is 1. The molecular formula is C16H24N2O. The first-order chi connectivity index (χ1) is 9.28. The van der Waals surface area contributed by atoms with E-state index in [1.54, 1.807) is 0 Å². The lowest BCUT2D eigenvalue weighted by molar-refractivity contribution is 0.0930. The van der Waals surface area contributed by atoms with Gasteiger partial charge in [0.15, 0.2) is 0 Å². The van der Waals surface area contributed by atoms with E-state index in [4.69, 9.17) is 4.74 Å². The topological polar surface area (TPSA) is 24.5 Å². The third-order valence-electron chi connectivity index (χ3n) is 4.37. The summed E-state index contributed by atoms with van der Waals surface area (Å²) in [4.78, 5) is 2.52. The lowest BCUT2D eigenvalue weighted by Gasteiger charge is -2.37. The summed E-state index contributed by atoms with van der Waals surface area (Å²) in [7, 11) is 0. The minimum absolute atomic E-state index is 0.530. The zero-order chi connectivity index (χ0) is 13.2. The first-order valence-corrected chi connectivity index (χ1v) is 7.51. The Bertz CT molecular complexity index is 446. The van der Waals surface area contributed by atoms with Crippen LogP contribution in [-0.2, 0) is 11.2 Å². The van der Waals surface area contributed by atoms with Gasteiger partial charge in [-0.3, -0.25) is 0 Å². The van der Waals surface area contributed by atoms with Crippen LogP contribution in [0.25, 0.3) is 0 Å². The van der Waals surface area contributed by atoms with Gasteiger partial charge in [-0.25, -0.2) is 0 Å². The average molecular weight is 260 g/mol. The fourth-order valence-electron chi connectivity index (χ4n) is 3.15. The molecule has 19 heavy (non-hydrogen) atoms. The van der Waals surface area contributed by atoms with Crippen LogP contribution in [0.1, 0.15) is 32.3 Å². The summed E-state index contributed by atoms with van der Waals surface area (Å²) < 4.78 is 5.60. The first kappa shape index (κ1) is 12.8. The quantitative estimate of drug-likeness (QED) is 0.884. The fraction of sp³-hybridized carbons (Fsp3) is 0.625. The standard InChI is InChI=1S/C16H24N2O/c1-3-14-11-19-9-8-18(14)15-6-7-16-13(10-15)5-4-12(2)17-16/h6-7,10,12,14,17H,3-5,8-9,11H2,1-2H3. The highest BCUT2D eigenvalue weighted by atomic mass is 16.5. The van der Waals surface area contributed by atoms with Crippen molar-refractivity contribution in [3.63, 3.8) is 0 Å². The molecule has 1 aromatic rings. The number of nitrogens with one attached hydrogen (secondary N) is 1. The Labute approximate surface area is 115 Å². The number of anilines is 2. The van der Waals surface area contributed by atoms with E-state index < -0.39 is 0 Å². The van der Waals surface area contributed by atoms with Crippen molar-refractivity contribution in [3.8, 4) is 0 Å². The van der Waals surface area contributed by atoms with Crippen LogP contribution in [-0.4, -0.2) is 31.8 Å². The highest BCUT2D eigenvalue weighted by Gasteiger charge is 2.23. The van der Waals surface area contributed by atoms with E-state index in [1.807, 2.05) is 0 Å². The molecule has 1 fully saturated rings. The van der Waals surface area contributed by atoms with Crippen molar-refractivity contribution in [3.05, 3.63) is 23.8 Å². The second-order valence-electron chi connectivity index (χ2n) is 5.76. The maximum Gasteiger partial charge on any atom is 0.0670 e. The van der Waals surface area contributed by atoms with E-state index in [2.05, 4.69) is 42.3 Å². The van der Waals surface area contributed by atoms with Crippen LogP contribution in [0.15, 0.2) is 18.2 Å². The van der Waals surface area contributed by atoms with Crippen molar-refractivity contribution in [1.29, 1.82) is 0 Å². The zero-order valence-corrected chi connectivity index (χ0v) is 12.0. The zero-order valence-electron chi connectivity index (χ0n) is 12.0. The van der Waals surface area contributed by atoms with Crippen molar-refractivity contribution in [2.45, 2.75) is 45.2 Å². The van der Waals surface area contributed by atoms with Crippen molar-refractivity contribution >= 4 is 11.4 Å². The van der Waals surface area contributed by atoms with Crippen molar-refractivity contribution in [2.24, 2.45) is 0 Å². The minimum Gasteiger partial charge on any atom is -0.382 e. The highest BCUT2D eigenvalue weighted by Crippen LogP contribution is 2.30. The van der Waals surface area contributed by atoms with Gasteiger partial charge in [-0.2, -0.15) is 0 Å². The number of morpholine rings is 1. The van der Waals surface area contributed by atoms with Crippen LogP contribution in [0.5, 0.6) is 0 Å². The summed E-state index contributed by atoms with van der Waals surface area (Å²) in [6, 6.07) is 8.02. The molecule has 0 radical (unpaired) electrons. The second kappa shape index (κ2) is 5.41. The highest BCUT2D eigenvalue weighted by molar-refractivity contribution is 5.62. The molecule has 1 N–H and O–H groups in total. The molecule has 2 unspecified atom stereocenters. The Kier molecular flexibility index (Phi) is 3.65. The molecule has 0 saturated carbocycles. The number of hydrogen-bond donors (Lipinski definition) is 1. The molecule has 0 bridgehead atoms. The molecule has 2 aliphatic rings. The van der Waals surface area contributed by atoms with E-state index in [1.165, 1.54) is 29.8 Å². The molecule has 3 rings (SSSR count). The molecule has 3 nitrogen and oxygen atoms in total. The van der Waals surface area contributed by atoms with Crippen LogP contribution < -0.4 is 10.2 Å². The summed E-state index contributed by atoms with van der Waals surface area (Å²) in [5, 5.41) is 3.57. The average Bonchev–Trinajstić information content (AvgIpc) is 2.46. The molecular weight excluding hydrogens is 236 g/mol. The van der Waals surface area contributed by atoms with Gasteiger partial charge in [0.25, 0.3) is 0 Å². The second-order valence-corrected chi connectivity index (χ2v) is 5.76. The molecule has 2 atom stereocenters. The lowest BCUT2D eigenvalue weighted by atomic mass is 9.98. The summed E-state index contributed by atoms with van der Waals surface area (Å²) in [5.41, 5.74) is 4.16. The molecule has 3 heteroatoms. The summed E-state index contributed by atoms with van der Waals surface area (Å²) in [6.07, 6.45) is 3.57. The normalized spacial score (nSPS) is 26.7. The summed E-state index contributed by atoms with van der Waals surface area (Å²) >= 11 is 0. The van der Waals surface area contributed by atoms with E-state index in [9.17, 15) is 0 Å². The molecule has 0 spiro atoms. The molecule has 104 valence electrons. The molecule has 0 aromatic heterocycles. The maximum absolute atomic E-state index is 5.60. The lowest BCUT2D eigenvalue weighted by Crippen LogP contribution is -2.45. The van der Waals surface area contributed by atoms with Crippen LogP contribution in [0, 0.1) is 0 Å². The SMILES string of the molecule is CCC1COCCN1c1ccc2c(c1)CCC(C)N2. The number of rotatable bonds is 2. The van der Waals surface area contributed by atoms with Gasteiger partial charge in [-0.15, -0.1) is 0 Å². The molecule has 2 aliphatic heterocycles. The van der Waals surface area contributed by atoms with Gasteiger partial charge < -0.3 is 15.0 Å². The molecule has 2 heterocycles. The van der Waals surface area contributed by atoms with Gasteiger partial charge in [-0.1, -0.05) is 6.92 Å². The predicted molar refractivity (Wildman–Crippen MR) is 80.1 cm³/mol. The fourth-order valence-corrected chi connectivity index (χ4v) is 3.15. The van der Waals surface area contributed by atoms with Gasteiger partial charge in [0.05, 0.1) is 19.3 Å². The van der Waals surface area contributed by atoms with E-state index >= 15 is 0 Å². The molecule has 0 amide bonds. The third-order valence-corrected chi connectivity index (χ3v) is 4.37. The van der Waals surface area contributed by atoms with Gasteiger partial charge in [0.1, 0.15) is 0 Å². The van der Waals surface area contributed by atoms with Crippen LogP contribution in [0.3, 0.4) is 0 Å². The smallest absolute Gasteiger partial charge is 0.0670 e. The number of hydrogen-bond acceptors (Lipinski definition) is 3. The van der Waals surface area contributed by atoms with Crippen molar-refractivity contribution in [1.82, 2.24) is 0 Å². The monoisotopic (exact) mass is 260 g/mol. The van der Waals surface area contributed by atoms with Gasteiger partial charge in [-0.05, 0) is 49.9 Å². The molecule has 1 aromatic carbocycles.